The van der Waals surface area contributed by atoms with Gasteiger partial charge in [-0.2, -0.15) is 0 Å². The summed E-state index contributed by atoms with van der Waals surface area (Å²) in [6.45, 7) is 6.56. The van der Waals surface area contributed by atoms with Crippen LogP contribution in [0.5, 0.6) is 11.5 Å². The molecule has 28 heavy (non-hydrogen) atoms. The summed E-state index contributed by atoms with van der Waals surface area (Å²) in [4.78, 5) is 17.1. The lowest BCUT2D eigenvalue weighted by Crippen LogP contribution is -2.17. The highest BCUT2D eigenvalue weighted by Crippen LogP contribution is 2.33. The predicted octanol–water partition coefficient (Wildman–Crippen LogP) is 4.01. The summed E-state index contributed by atoms with van der Waals surface area (Å²) < 4.78 is 27.2. The number of carbonyl (C=O) groups is 1. The highest BCUT2D eigenvalue weighted by atomic mass is 16.7. The van der Waals surface area contributed by atoms with Gasteiger partial charge < -0.3 is 23.7 Å². The fourth-order valence-electron chi connectivity index (χ4n) is 2.70. The van der Waals surface area contributed by atoms with Crippen molar-refractivity contribution in [2.24, 2.45) is 0 Å². The molecule has 0 aliphatic heterocycles. The van der Waals surface area contributed by atoms with Crippen LogP contribution < -0.4 is 9.47 Å². The van der Waals surface area contributed by atoms with Gasteiger partial charge in [0.15, 0.2) is 11.5 Å². The lowest BCUT2D eigenvalue weighted by Gasteiger charge is -2.20. The van der Waals surface area contributed by atoms with E-state index in [9.17, 15) is 4.79 Å². The maximum atomic E-state index is 12.4. The van der Waals surface area contributed by atoms with E-state index in [0.717, 1.165) is 5.56 Å². The van der Waals surface area contributed by atoms with Gasteiger partial charge in [-0.3, -0.25) is 0 Å². The Hall–Kier alpha value is -2.64. The monoisotopic (exact) mass is 389 g/mol. The fourth-order valence-corrected chi connectivity index (χ4v) is 2.70. The van der Waals surface area contributed by atoms with Crippen LogP contribution >= 0.6 is 0 Å². The summed E-state index contributed by atoms with van der Waals surface area (Å²) >= 11 is 0. The average molecular weight is 389 g/mol. The molecule has 1 aromatic heterocycles. The molecule has 7 nitrogen and oxygen atoms in total. The maximum Gasteiger partial charge on any atom is 0.340 e. The van der Waals surface area contributed by atoms with Gasteiger partial charge in [-0.15, -0.1) is 0 Å². The first-order valence-corrected chi connectivity index (χ1v) is 9.23. The van der Waals surface area contributed by atoms with Gasteiger partial charge in [-0.25, -0.2) is 9.78 Å². The molecule has 2 aromatic rings. The minimum atomic E-state index is -0.769. The van der Waals surface area contributed by atoms with Gasteiger partial charge in [0.25, 0.3) is 0 Å². The van der Waals surface area contributed by atoms with Crippen molar-refractivity contribution < 1.29 is 28.5 Å². The molecule has 0 aliphatic rings. The van der Waals surface area contributed by atoms with Gasteiger partial charge in [-0.05, 0) is 51.1 Å². The van der Waals surface area contributed by atoms with Crippen LogP contribution in [0.2, 0.25) is 0 Å². The van der Waals surface area contributed by atoms with Gasteiger partial charge in [0, 0.05) is 18.8 Å². The Bertz CT molecular complexity index is 786. The molecule has 0 radical (unpaired) electrons. The van der Waals surface area contributed by atoms with Crippen molar-refractivity contribution in [1.29, 1.82) is 0 Å². The number of methoxy groups -OCH3 is 2. The maximum absolute atomic E-state index is 12.4. The van der Waals surface area contributed by atoms with Crippen molar-refractivity contribution >= 4 is 5.97 Å². The zero-order valence-corrected chi connectivity index (χ0v) is 17.0. The lowest BCUT2D eigenvalue weighted by atomic mass is 10.1. The molecule has 0 bridgehead atoms. The average Bonchev–Trinajstić information content (AvgIpc) is 2.72. The Kier molecular flexibility index (Phi) is 8.22. The molecular formula is C21H27NO6. The van der Waals surface area contributed by atoms with E-state index < -0.39 is 12.3 Å². The number of hydrogen-bond donors (Lipinski definition) is 0. The summed E-state index contributed by atoms with van der Waals surface area (Å²) in [5.74, 6) is 0.744. The summed E-state index contributed by atoms with van der Waals surface area (Å²) in [7, 11) is 3.15. The first kappa shape index (κ1) is 21.7. The van der Waals surface area contributed by atoms with Crippen LogP contribution in [0, 0.1) is 0 Å². The summed E-state index contributed by atoms with van der Waals surface area (Å²) in [6.07, 6.45) is -0.769. The normalized spacial score (nSPS) is 10.8. The van der Waals surface area contributed by atoms with E-state index in [4.69, 9.17) is 23.7 Å². The van der Waals surface area contributed by atoms with Crippen molar-refractivity contribution in [1.82, 2.24) is 4.98 Å². The zero-order valence-electron chi connectivity index (χ0n) is 17.0. The van der Waals surface area contributed by atoms with E-state index in [1.807, 2.05) is 26.0 Å². The Balaban J connectivity index is 2.55. The van der Waals surface area contributed by atoms with E-state index in [2.05, 4.69) is 4.98 Å². The third kappa shape index (κ3) is 4.99. The van der Waals surface area contributed by atoms with E-state index in [0.29, 0.717) is 41.7 Å². The van der Waals surface area contributed by atoms with E-state index in [1.54, 1.807) is 39.3 Å². The summed E-state index contributed by atoms with van der Waals surface area (Å²) in [5.41, 5.74) is 2.15. The number of esters is 1. The molecule has 1 aromatic carbocycles. The van der Waals surface area contributed by atoms with Gasteiger partial charge in [0.05, 0.1) is 32.1 Å². The van der Waals surface area contributed by atoms with Gasteiger partial charge in [0.2, 0.25) is 6.29 Å². The van der Waals surface area contributed by atoms with Crippen molar-refractivity contribution in [2.45, 2.75) is 27.1 Å². The minimum absolute atomic E-state index is 0.267. The Morgan fingerprint density at radius 1 is 0.929 bits per heavy atom. The Morgan fingerprint density at radius 3 is 2.18 bits per heavy atom. The summed E-state index contributed by atoms with van der Waals surface area (Å²) in [5, 5.41) is 0. The van der Waals surface area contributed by atoms with E-state index in [-0.39, 0.29) is 6.61 Å². The summed E-state index contributed by atoms with van der Waals surface area (Å²) in [6, 6.07) is 8.93. The number of carbonyl (C=O) groups excluding carboxylic acids is 1. The topological polar surface area (TPSA) is 76.1 Å². The minimum Gasteiger partial charge on any atom is -0.493 e. The quantitative estimate of drug-likeness (QED) is 0.449. The first-order valence-electron chi connectivity index (χ1n) is 9.23. The second kappa shape index (κ2) is 10.6. The van der Waals surface area contributed by atoms with E-state index >= 15 is 0 Å². The molecule has 0 fully saturated rings. The number of hydrogen-bond acceptors (Lipinski definition) is 7. The smallest absolute Gasteiger partial charge is 0.340 e. The van der Waals surface area contributed by atoms with Crippen molar-refractivity contribution in [3.05, 3.63) is 41.6 Å². The molecule has 7 heteroatoms. The van der Waals surface area contributed by atoms with Crippen LogP contribution in [0.3, 0.4) is 0 Å². The van der Waals surface area contributed by atoms with E-state index in [1.165, 1.54) is 0 Å². The van der Waals surface area contributed by atoms with Crippen LogP contribution in [0.4, 0.5) is 0 Å². The van der Waals surface area contributed by atoms with Gasteiger partial charge in [-0.1, -0.05) is 0 Å². The number of pyridine rings is 1. The Labute approximate surface area is 165 Å². The highest BCUT2D eigenvalue weighted by Gasteiger charge is 2.24. The zero-order chi connectivity index (χ0) is 20.5. The van der Waals surface area contributed by atoms with Crippen LogP contribution in [0.1, 0.15) is 43.1 Å². The van der Waals surface area contributed by atoms with Crippen LogP contribution in [0.15, 0.2) is 30.3 Å². The lowest BCUT2D eigenvalue weighted by molar-refractivity contribution is -0.143. The molecule has 0 aliphatic carbocycles. The highest BCUT2D eigenvalue weighted by molar-refractivity contribution is 5.91. The molecule has 0 atom stereocenters. The SMILES string of the molecule is CCOC(=O)c1ccc(-c2ccc(OC)c(OC)c2)nc1C(OCC)OCC. The van der Waals surface area contributed by atoms with Gasteiger partial charge >= 0.3 is 5.97 Å². The standard InChI is InChI=1S/C21H27NO6/c1-6-26-20(23)15-10-11-16(22-19(15)21(27-7-2)28-8-3)14-9-12-17(24-4)18(13-14)25-5/h9-13,21H,6-8H2,1-5H3. The second-order valence-corrected chi connectivity index (χ2v) is 5.66. The molecule has 0 spiro atoms. The largest absolute Gasteiger partial charge is 0.493 e. The van der Waals surface area contributed by atoms with Gasteiger partial charge in [0.1, 0.15) is 5.69 Å². The van der Waals surface area contributed by atoms with Crippen molar-refractivity contribution in [3.63, 3.8) is 0 Å². The van der Waals surface area contributed by atoms with Crippen LogP contribution in [0.25, 0.3) is 11.3 Å². The van der Waals surface area contributed by atoms with Crippen LogP contribution in [-0.4, -0.2) is 45.0 Å². The number of ether oxygens (including phenoxy) is 5. The van der Waals surface area contributed by atoms with Crippen molar-refractivity contribution in [3.8, 4) is 22.8 Å². The predicted molar refractivity (Wildman–Crippen MR) is 105 cm³/mol. The molecule has 0 amide bonds. The number of benzene rings is 1. The second-order valence-electron chi connectivity index (χ2n) is 5.66. The molecule has 0 unspecified atom stereocenters. The number of nitrogens with zero attached hydrogens (tertiary/aromatic N) is 1. The van der Waals surface area contributed by atoms with Crippen LogP contribution in [-0.2, 0) is 14.2 Å². The fraction of sp³-hybridized carbons (Fsp3) is 0.429. The van der Waals surface area contributed by atoms with Crippen molar-refractivity contribution in [2.75, 3.05) is 34.0 Å². The first-order chi connectivity index (χ1) is 13.6. The third-order valence-electron chi connectivity index (χ3n) is 3.96. The number of rotatable bonds is 10. The number of aromatic nitrogens is 1. The molecule has 0 saturated carbocycles. The molecule has 2 rings (SSSR count). The molecular weight excluding hydrogens is 362 g/mol. The molecule has 0 saturated heterocycles. The molecule has 152 valence electrons. The third-order valence-corrected chi connectivity index (χ3v) is 3.96. The molecule has 1 heterocycles. The Morgan fingerprint density at radius 2 is 1.61 bits per heavy atom. The molecule has 0 N–H and O–H groups in total.